The molecule has 0 spiro atoms. The van der Waals surface area contributed by atoms with E-state index >= 15 is 0 Å². The van der Waals surface area contributed by atoms with Gasteiger partial charge in [-0.05, 0) is 72.5 Å². The lowest BCUT2D eigenvalue weighted by molar-refractivity contribution is -0.115. The maximum absolute atomic E-state index is 12.6. The van der Waals surface area contributed by atoms with Crippen molar-refractivity contribution in [3.63, 3.8) is 0 Å². The van der Waals surface area contributed by atoms with Crippen molar-refractivity contribution in [2.24, 2.45) is 0 Å². The molecule has 7 heteroatoms. The molecule has 0 unspecified atom stereocenters. The smallest absolute Gasteiger partial charge is 0.255 e. The Morgan fingerprint density at radius 1 is 0.857 bits per heavy atom. The first-order valence-electron chi connectivity index (χ1n) is 11.2. The van der Waals surface area contributed by atoms with Crippen molar-refractivity contribution in [1.82, 2.24) is 5.32 Å². The molecule has 6 nitrogen and oxygen atoms in total. The molecule has 2 amide bonds. The van der Waals surface area contributed by atoms with Gasteiger partial charge in [-0.3, -0.25) is 14.9 Å². The largest absolute Gasteiger partial charge is 0.497 e. The van der Waals surface area contributed by atoms with Crippen molar-refractivity contribution in [3.05, 3.63) is 112 Å². The second kappa shape index (κ2) is 11.5. The Morgan fingerprint density at radius 3 is 2.14 bits per heavy atom. The van der Waals surface area contributed by atoms with Crippen LogP contribution in [0, 0.1) is 6.92 Å². The minimum atomic E-state index is -0.230. The van der Waals surface area contributed by atoms with Gasteiger partial charge in [0.2, 0.25) is 5.91 Å². The normalized spacial score (nSPS) is 11.5. The summed E-state index contributed by atoms with van der Waals surface area (Å²) in [7, 11) is 1.59. The number of methoxy groups -OCH3 is 1. The maximum Gasteiger partial charge on any atom is 0.255 e. The van der Waals surface area contributed by atoms with E-state index in [2.05, 4.69) is 53.2 Å². The lowest BCUT2D eigenvalue weighted by Crippen LogP contribution is -2.31. The first-order valence-corrected chi connectivity index (χ1v) is 12.1. The fourth-order valence-corrected chi connectivity index (χ4v) is 4.41. The number of hydrogen-bond donors (Lipinski definition) is 3. The standard InChI is InChI=1S/C28H27N3O3S/c1-19-5-7-20(8-6-19)27(25-4-3-17-35-25)29-18-26(32)30-22-11-9-21(10-12-22)28(33)31-23-13-15-24(34-2)16-14-23/h3-17,27,29H,18H2,1-2H3,(H,30,32)(H,31,33)/t27-/m0/s1. The van der Waals surface area contributed by atoms with Crippen molar-refractivity contribution in [3.8, 4) is 5.75 Å². The molecular formula is C28H27N3O3S. The highest BCUT2D eigenvalue weighted by Crippen LogP contribution is 2.26. The molecule has 0 aliphatic carbocycles. The molecule has 1 heterocycles. The Bertz CT molecular complexity index is 1250. The Morgan fingerprint density at radius 2 is 1.51 bits per heavy atom. The number of amides is 2. The van der Waals surface area contributed by atoms with E-state index in [-0.39, 0.29) is 24.4 Å². The van der Waals surface area contributed by atoms with Crippen LogP contribution in [-0.2, 0) is 4.79 Å². The molecule has 0 saturated heterocycles. The fraction of sp³-hybridized carbons (Fsp3) is 0.143. The highest BCUT2D eigenvalue weighted by molar-refractivity contribution is 7.10. The van der Waals surface area contributed by atoms with E-state index in [1.807, 2.05) is 11.4 Å². The predicted octanol–water partition coefficient (Wildman–Crippen LogP) is 5.64. The fourth-order valence-electron chi connectivity index (χ4n) is 3.58. The van der Waals surface area contributed by atoms with Crippen LogP contribution in [0.1, 0.15) is 32.4 Å². The summed E-state index contributed by atoms with van der Waals surface area (Å²) >= 11 is 1.65. The molecule has 3 aromatic carbocycles. The summed E-state index contributed by atoms with van der Waals surface area (Å²) in [6, 6.07) is 26.2. The maximum atomic E-state index is 12.6. The van der Waals surface area contributed by atoms with Crippen molar-refractivity contribution in [2.75, 3.05) is 24.3 Å². The van der Waals surface area contributed by atoms with Gasteiger partial charge in [0.1, 0.15) is 5.75 Å². The third kappa shape index (κ3) is 6.56. The molecule has 0 bridgehead atoms. The van der Waals surface area contributed by atoms with Crippen LogP contribution in [-0.4, -0.2) is 25.5 Å². The number of nitrogens with one attached hydrogen (secondary N) is 3. The molecule has 4 rings (SSSR count). The van der Waals surface area contributed by atoms with Gasteiger partial charge in [0.25, 0.3) is 5.91 Å². The molecular weight excluding hydrogens is 458 g/mol. The average molecular weight is 486 g/mol. The zero-order valence-corrected chi connectivity index (χ0v) is 20.4. The highest BCUT2D eigenvalue weighted by Gasteiger charge is 2.16. The number of carbonyl (C=O) groups is 2. The Balaban J connectivity index is 1.33. The molecule has 0 radical (unpaired) electrons. The zero-order chi connectivity index (χ0) is 24.6. The van der Waals surface area contributed by atoms with Crippen LogP contribution in [0.3, 0.4) is 0 Å². The Labute approximate surface area is 209 Å². The summed E-state index contributed by atoms with van der Waals surface area (Å²) in [5.74, 6) is 0.332. The lowest BCUT2D eigenvalue weighted by Gasteiger charge is -2.18. The Hall–Kier alpha value is -3.94. The summed E-state index contributed by atoms with van der Waals surface area (Å²) in [6.07, 6.45) is 0. The van der Waals surface area contributed by atoms with Crippen LogP contribution in [0.4, 0.5) is 11.4 Å². The van der Waals surface area contributed by atoms with E-state index in [1.165, 1.54) is 5.56 Å². The molecule has 4 aromatic rings. The van der Waals surface area contributed by atoms with E-state index < -0.39 is 0 Å². The summed E-state index contributed by atoms with van der Waals surface area (Å²) in [4.78, 5) is 26.3. The van der Waals surface area contributed by atoms with Crippen LogP contribution < -0.4 is 20.7 Å². The highest BCUT2D eigenvalue weighted by atomic mass is 32.1. The number of carbonyl (C=O) groups excluding carboxylic acids is 2. The number of rotatable bonds is 9. The van der Waals surface area contributed by atoms with Gasteiger partial charge in [-0.2, -0.15) is 0 Å². The van der Waals surface area contributed by atoms with E-state index in [9.17, 15) is 9.59 Å². The summed E-state index contributed by atoms with van der Waals surface area (Å²) in [5.41, 5.74) is 4.10. The van der Waals surface area contributed by atoms with Gasteiger partial charge in [-0.1, -0.05) is 35.9 Å². The van der Waals surface area contributed by atoms with Crippen molar-refractivity contribution < 1.29 is 14.3 Å². The second-order valence-electron chi connectivity index (χ2n) is 8.05. The van der Waals surface area contributed by atoms with Crippen LogP contribution in [0.2, 0.25) is 0 Å². The van der Waals surface area contributed by atoms with Gasteiger partial charge in [0.15, 0.2) is 0 Å². The van der Waals surface area contributed by atoms with Gasteiger partial charge in [-0.25, -0.2) is 0 Å². The minimum absolute atomic E-state index is 0.0645. The van der Waals surface area contributed by atoms with Crippen molar-refractivity contribution >= 4 is 34.5 Å². The SMILES string of the molecule is COc1ccc(NC(=O)c2ccc(NC(=O)CN[C@@H](c3ccc(C)cc3)c3cccs3)cc2)cc1. The zero-order valence-electron chi connectivity index (χ0n) is 19.6. The van der Waals surface area contributed by atoms with Gasteiger partial charge >= 0.3 is 0 Å². The molecule has 0 aliphatic rings. The second-order valence-corrected chi connectivity index (χ2v) is 9.03. The molecule has 0 fully saturated rings. The number of thiophene rings is 1. The van der Waals surface area contributed by atoms with Gasteiger partial charge in [0.05, 0.1) is 19.7 Å². The monoisotopic (exact) mass is 485 g/mol. The van der Waals surface area contributed by atoms with Crippen LogP contribution in [0.25, 0.3) is 0 Å². The first kappa shape index (κ1) is 24.2. The van der Waals surface area contributed by atoms with Gasteiger partial charge in [-0.15, -0.1) is 11.3 Å². The predicted molar refractivity (Wildman–Crippen MR) is 141 cm³/mol. The molecule has 3 N–H and O–H groups in total. The topological polar surface area (TPSA) is 79.5 Å². The molecule has 1 atom stereocenters. The van der Waals surface area contributed by atoms with Crippen LogP contribution >= 0.6 is 11.3 Å². The van der Waals surface area contributed by atoms with E-state index in [0.29, 0.717) is 16.9 Å². The minimum Gasteiger partial charge on any atom is -0.497 e. The van der Waals surface area contributed by atoms with Crippen LogP contribution in [0.5, 0.6) is 5.75 Å². The van der Waals surface area contributed by atoms with Gasteiger partial charge < -0.3 is 15.4 Å². The van der Waals surface area contributed by atoms with Gasteiger partial charge in [0, 0.05) is 21.8 Å². The van der Waals surface area contributed by atoms with Crippen molar-refractivity contribution in [1.29, 1.82) is 0 Å². The number of aryl methyl sites for hydroxylation is 1. The average Bonchev–Trinajstić information content (AvgIpc) is 3.41. The van der Waals surface area contributed by atoms with E-state index in [1.54, 1.807) is 67.0 Å². The Kier molecular flexibility index (Phi) is 7.92. The van der Waals surface area contributed by atoms with Crippen molar-refractivity contribution in [2.45, 2.75) is 13.0 Å². The van der Waals surface area contributed by atoms with E-state index in [4.69, 9.17) is 4.74 Å². The third-order valence-electron chi connectivity index (χ3n) is 5.48. The molecule has 35 heavy (non-hydrogen) atoms. The van der Waals surface area contributed by atoms with Crippen LogP contribution in [0.15, 0.2) is 90.3 Å². The molecule has 0 saturated carbocycles. The number of hydrogen-bond acceptors (Lipinski definition) is 5. The number of ether oxygens (including phenoxy) is 1. The summed E-state index contributed by atoms with van der Waals surface area (Å²) in [5, 5.41) is 11.1. The molecule has 1 aromatic heterocycles. The first-order chi connectivity index (χ1) is 17.0. The quantitative estimate of drug-likeness (QED) is 0.287. The third-order valence-corrected chi connectivity index (χ3v) is 6.42. The summed E-state index contributed by atoms with van der Waals surface area (Å²) < 4.78 is 5.13. The van der Waals surface area contributed by atoms with E-state index in [0.717, 1.165) is 16.2 Å². The number of benzene rings is 3. The molecule has 178 valence electrons. The lowest BCUT2D eigenvalue weighted by atomic mass is 10.0. The number of anilines is 2. The molecule has 0 aliphatic heterocycles. The summed E-state index contributed by atoms with van der Waals surface area (Å²) in [6.45, 7) is 2.20.